The van der Waals surface area contributed by atoms with Crippen LogP contribution in [0, 0.1) is 0 Å². The molecule has 0 atom stereocenters. The maximum absolute atomic E-state index is 12.1. The highest BCUT2D eigenvalue weighted by molar-refractivity contribution is 5.92. The molecule has 0 spiro atoms. The second kappa shape index (κ2) is 8.07. The van der Waals surface area contributed by atoms with Gasteiger partial charge >= 0.3 is 6.09 Å². The monoisotopic (exact) mass is 361 g/mol. The Morgan fingerprint density at radius 1 is 1.12 bits per heavy atom. The summed E-state index contributed by atoms with van der Waals surface area (Å²) < 4.78 is 5.38. The summed E-state index contributed by atoms with van der Waals surface area (Å²) in [4.78, 5) is 31.3. The fourth-order valence-electron chi connectivity index (χ4n) is 2.54. The van der Waals surface area contributed by atoms with Crippen molar-refractivity contribution >= 4 is 18.0 Å². The highest BCUT2D eigenvalue weighted by Gasteiger charge is 2.26. The number of aliphatic imine (C=N–C) groups is 1. The van der Waals surface area contributed by atoms with Crippen LogP contribution in [0.1, 0.15) is 36.7 Å². The van der Waals surface area contributed by atoms with Crippen LogP contribution in [0.15, 0.2) is 29.3 Å². The van der Waals surface area contributed by atoms with Crippen molar-refractivity contribution in [2.24, 2.45) is 16.5 Å². The van der Waals surface area contributed by atoms with Gasteiger partial charge < -0.3 is 26.0 Å². The Bertz CT molecular complexity index is 688. The van der Waals surface area contributed by atoms with E-state index in [9.17, 15) is 9.59 Å². The zero-order valence-electron chi connectivity index (χ0n) is 15.6. The number of guanidine groups is 1. The molecule has 1 aliphatic rings. The van der Waals surface area contributed by atoms with Gasteiger partial charge in [0, 0.05) is 31.7 Å². The van der Waals surface area contributed by atoms with Crippen LogP contribution in [-0.2, 0) is 11.3 Å². The van der Waals surface area contributed by atoms with Gasteiger partial charge in [0.25, 0.3) is 0 Å². The summed E-state index contributed by atoms with van der Waals surface area (Å²) in [5.41, 5.74) is 12.1. The number of hydrogen-bond donors (Lipinski definition) is 2. The molecule has 2 rings (SSSR count). The van der Waals surface area contributed by atoms with Crippen molar-refractivity contribution in [1.29, 1.82) is 0 Å². The smallest absolute Gasteiger partial charge is 0.410 e. The zero-order chi connectivity index (χ0) is 19.3. The van der Waals surface area contributed by atoms with Crippen molar-refractivity contribution in [3.05, 3.63) is 35.4 Å². The normalized spacial score (nSPS) is 15.7. The van der Waals surface area contributed by atoms with Gasteiger partial charge in [-0.2, -0.15) is 0 Å². The number of amides is 2. The number of nitrogens with two attached hydrogens (primary N) is 2. The van der Waals surface area contributed by atoms with Gasteiger partial charge in [-0.25, -0.2) is 9.79 Å². The van der Waals surface area contributed by atoms with E-state index in [1.54, 1.807) is 23.1 Å². The van der Waals surface area contributed by atoms with Crippen molar-refractivity contribution in [3.63, 3.8) is 0 Å². The Morgan fingerprint density at radius 2 is 1.73 bits per heavy atom. The second-order valence-electron chi connectivity index (χ2n) is 7.19. The fourth-order valence-corrected chi connectivity index (χ4v) is 2.54. The molecule has 2 amide bonds. The SMILES string of the molecule is CC(C)(C)OC(=O)N1CCN(C(N)=NCc2cccc(C(N)=O)c2)CC1. The average molecular weight is 361 g/mol. The Kier molecular flexibility index (Phi) is 6.07. The molecule has 1 aliphatic heterocycles. The largest absolute Gasteiger partial charge is 0.444 e. The number of benzene rings is 1. The molecule has 8 nitrogen and oxygen atoms in total. The Hall–Kier alpha value is -2.77. The first-order valence-corrected chi connectivity index (χ1v) is 8.57. The number of carbonyl (C=O) groups excluding carboxylic acids is 2. The molecule has 1 heterocycles. The average Bonchev–Trinajstić information content (AvgIpc) is 2.58. The van der Waals surface area contributed by atoms with E-state index in [1.807, 2.05) is 31.7 Å². The third kappa shape index (κ3) is 5.65. The molecule has 26 heavy (non-hydrogen) atoms. The van der Waals surface area contributed by atoms with Crippen LogP contribution in [0.25, 0.3) is 0 Å². The second-order valence-corrected chi connectivity index (χ2v) is 7.19. The molecule has 0 bridgehead atoms. The summed E-state index contributed by atoms with van der Waals surface area (Å²) in [6.07, 6.45) is -0.309. The molecule has 0 aromatic heterocycles. The van der Waals surface area contributed by atoms with Crippen LogP contribution >= 0.6 is 0 Å². The van der Waals surface area contributed by atoms with E-state index < -0.39 is 11.5 Å². The molecule has 4 N–H and O–H groups in total. The van der Waals surface area contributed by atoms with Gasteiger partial charge in [0.15, 0.2) is 5.96 Å². The summed E-state index contributed by atoms with van der Waals surface area (Å²) in [6, 6.07) is 7.00. The minimum atomic E-state index is -0.506. The van der Waals surface area contributed by atoms with E-state index in [-0.39, 0.29) is 6.09 Å². The van der Waals surface area contributed by atoms with Crippen LogP contribution in [-0.4, -0.2) is 59.5 Å². The highest BCUT2D eigenvalue weighted by atomic mass is 16.6. The molecule has 0 saturated carbocycles. The lowest BCUT2D eigenvalue weighted by molar-refractivity contribution is 0.0186. The summed E-state index contributed by atoms with van der Waals surface area (Å²) in [5, 5.41) is 0. The van der Waals surface area contributed by atoms with Crippen molar-refractivity contribution in [1.82, 2.24) is 9.80 Å². The molecular weight excluding hydrogens is 334 g/mol. The predicted molar refractivity (Wildman–Crippen MR) is 99.7 cm³/mol. The fraction of sp³-hybridized carbons (Fsp3) is 0.500. The first-order valence-electron chi connectivity index (χ1n) is 8.57. The Labute approximate surface area is 153 Å². The van der Waals surface area contributed by atoms with Crippen LogP contribution in [0.2, 0.25) is 0 Å². The lowest BCUT2D eigenvalue weighted by Gasteiger charge is -2.36. The number of piperazine rings is 1. The van der Waals surface area contributed by atoms with Gasteiger partial charge in [-0.1, -0.05) is 12.1 Å². The minimum absolute atomic E-state index is 0.309. The van der Waals surface area contributed by atoms with Crippen molar-refractivity contribution in [2.75, 3.05) is 26.2 Å². The standard InChI is InChI=1S/C18H27N5O3/c1-18(2,3)26-17(25)23-9-7-22(8-10-23)16(20)21-12-13-5-4-6-14(11-13)15(19)24/h4-6,11H,7-10,12H2,1-3H3,(H2,19,24)(H2,20,21). The lowest BCUT2D eigenvalue weighted by Crippen LogP contribution is -2.53. The maximum atomic E-state index is 12.1. The van der Waals surface area contributed by atoms with Gasteiger partial charge in [-0.15, -0.1) is 0 Å². The number of nitrogens with zero attached hydrogens (tertiary/aromatic N) is 3. The summed E-state index contributed by atoms with van der Waals surface area (Å²) in [5.74, 6) is -0.0552. The van der Waals surface area contributed by atoms with Crippen LogP contribution in [0.3, 0.4) is 0 Å². The third-order valence-corrected chi connectivity index (χ3v) is 3.89. The summed E-state index contributed by atoms with van der Waals surface area (Å²) in [6.45, 7) is 8.15. The van der Waals surface area contributed by atoms with E-state index in [0.29, 0.717) is 44.2 Å². The third-order valence-electron chi connectivity index (χ3n) is 3.89. The molecule has 0 radical (unpaired) electrons. The number of hydrogen-bond acceptors (Lipinski definition) is 4. The van der Waals surface area contributed by atoms with Crippen LogP contribution in [0.5, 0.6) is 0 Å². The van der Waals surface area contributed by atoms with E-state index in [0.717, 1.165) is 5.56 Å². The van der Waals surface area contributed by atoms with Gasteiger partial charge in [-0.05, 0) is 38.5 Å². The first-order chi connectivity index (χ1) is 12.2. The Balaban J connectivity index is 1.88. The summed E-state index contributed by atoms with van der Waals surface area (Å²) in [7, 11) is 0. The summed E-state index contributed by atoms with van der Waals surface area (Å²) >= 11 is 0. The molecule has 0 aliphatic carbocycles. The van der Waals surface area contributed by atoms with Crippen molar-refractivity contribution in [2.45, 2.75) is 32.9 Å². The van der Waals surface area contributed by atoms with Crippen molar-refractivity contribution in [3.8, 4) is 0 Å². The van der Waals surface area contributed by atoms with E-state index in [4.69, 9.17) is 16.2 Å². The van der Waals surface area contributed by atoms with Gasteiger partial charge in [0.1, 0.15) is 5.60 Å². The lowest BCUT2D eigenvalue weighted by atomic mass is 10.1. The minimum Gasteiger partial charge on any atom is -0.444 e. The van der Waals surface area contributed by atoms with Gasteiger partial charge in [-0.3, -0.25) is 4.79 Å². The predicted octanol–water partition coefficient (Wildman–Crippen LogP) is 1.15. The molecule has 0 unspecified atom stereocenters. The van der Waals surface area contributed by atoms with Crippen molar-refractivity contribution < 1.29 is 14.3 Å². The molecule has 1 aromatic carbocycles. The molecule has 1 aromatic rings. The van der Waals surface area contributed by atoms with E-state index in [2.05, 4.69) is 4.99 Å². The molecule has 1 saturated heterocycles. The Morgan fingerprint density at radius 3 is 2.31 bits per heavy atom. The zero-order valence-corrected chi connectivity index (χ0v) is 15.6. The topological polar surface area (TPSA) is 114 Å². The molecular formula is C18H27N5O3. The maximum Gasteiger partial charge on any atom is 0.410 e. The van der Waals surface area contributed by atoms with E-state index in [1.165, 1.54) is 0 Å². The molecule has 142 valence electrons. The first kappa shape index (κ1) is 19.6. The number of primary amides is 1. The number of carbonyl (C=O) groups is 2. The highest BCUT2D eigenvalue weighted by Crippen LogP contribution is 2.12. The van der Waals surface area contributed by atoms with Crippen LogP contribution < -0.4 is 11.5 Å². The quantitative estimate of drug-likeness (QED) is 0.619. The number of rotatable bonds is 3. The van der Waals surface area contributed by atoms with E-state index >= 15 is 0 Å². The van der Waals surface area contributed by atoms with Gasteiger partial charge in [0.05, 0.1) is 6.54 Å². The molecule has 8 heteroatoms. The molecule has 1 fully saturated rings. The number of ether oxygens (including phenoxy) is 1. The van der Waals surface area contributed by atoms with Gasteiger partial charge in [0.2, 0.25) is 5.91 Å². The van der Waals surface area contributed by atoms with Crippen LogP contribution in [0.4, 0.5) is 4.79 Å².